The van der Waals surface area contributed by atoms with Gasteiger partial charge in [-0.3, -0.25) is 4.79 Å². The maximum absolute atomic E-state index is 12.4. The fourth-order valence-corrected chi connectivity index (χ4v) is 2.97. The molecule has 0 aromatic heterocycles. The highest BCUT2D eigenvalue weighted by atomic mass is 16.2. The SMILES string of the molecule is CCc1ccc(NC(N)=NCC(=O)N2CCc3ccccc3C2)cc1. The van der Waals surface area contributed by atoms with E-state index < -0.39 is 0 Å². The predicted octanol–water partition coefficient (Wildman–Crippen LogP) is 2.56. The van der Waals surface area contributed by atoms with Gasteiger partial charge in [-0.25, -0.2) is 4.99 Å². The van der Waals surface area contributed by atoms with Gasteiger partial charge in [-0.05, 0) is 41.7 Å². The molecule has 1 aliphatic heterocycles. The maximum Gasteiger partial charge on any atom is 0.244 e. The molecule has 0 radical (unpaired) electrons. The first kappa shape index (κ1) is 17.0. The molecule has 0 aliphatic carbocycles. The third-order valence-electron chi connectivity index (χ3n) is 4.50. The molecule has 1 heterocycles. The highest BCUT2D eigenvalue weighted by Gasteiger charge is 2.19. The van der Waals surface area contributed by atoms with Crippen LogP contribution in [0.2, 0.25) is 0 Å². The maximum atomic E-state index is 12.4. The summed E-state index contributed by atoms with van der Waals surface area (Å²) >= 11 is 0. The van der Waals surface area contributed by atoms with E-state index in [4.69, 9.17) is 5.73 Å². The summed E-state index contributed by atoms with van der Waals surface area (Å²) in [6.45, 7) is 3.56. The minimum absolute atomic E-state index is 0.000541. The van der Waals surface area contributed by atoms with Crippen LogP contribution in [0, 0.1) is 0 Å². The Morgan fingerprint density at radius 3 is 2.60 bits per heavy atom. The number of rotatable bonds is 4. The van der Waals surface area contributed by atoms with E-state index in [0.717, 1.165) is 25.1 Å². The van der Waals surface area contributed by atoms with Crippen molar-refractivity contribution in [2.24, 2.45) is 10.7 Å². The number of fused-ring (bicyclic) bond motifs is 1. The fourth-order valence-electron chi connectivity index (χ4n) is 2.97. The molecule has 5 nitrogen and oxygen atoms in total. The zero-order valence-electron chi connectivity index (χ0n) is 14.5. The lowest BCUT2D eigenvalue weighted by atomic mass is 10.00. The minimum Gasteiger partial charge on any atom is -0.370 e. The molecule has 2 aromatic rings. The number of hydrogen-bond donors (Lipinski definition) is 2. The van der Waals surface area contributed by atoms with Crippen molar-refractivity contribution < 1.29 is 4.79 Å². The molecule has 0 saturated heterocycles. The van der Waals surface area contributed by atoms with Gasteiger partial charge in [0.15, 0.2) is 5.96 Å². The largest absolute Gasteiger partial charge is 0.370 e. The third kappa shape index (κ3) is 4.38. The molecule has 0 unspecified atom stereocenters. The van der Waals surface area contributed by atoms with E-state index in [1.165, 1.54) is 16.7 Å². The van der Waals surface area contributed by atoms with Crippen LogP contribution < -0.4 is 11.1 Å². The van der Waals surface area contributed by atoms with E-state index in [2.05, 4.69) is 29.4 Å². The standard InChI is InChI=1S/C20H24N4O/c1-2-15-7-9-18(10-8-15)23-20(21)22-13-19(25)24-12-11-16-5-3-4-6-17(16)14-24/h3-10H,2,11-14H2,1H3,(H3,21,22,23). The molecule has 2 aromatic carbocycles. The highest BCUT2D eigenvalue weighted by molar-refractivity contribution is 5.93. The Morgan fingerprint density at radius 2 is 1.88 bits per heavy atom. The van der Waals surface area contributed by atoms with E-state index in [1.54, 1.807) is 0 Å². The molecule has 5 heteroatoms. The Bertz CT molecular complexity index is 768. The summed E-state index contributed by atoms with van der Waals surface area (Å²) in [4.78, 5) is 18.4. The van der Waals surface area contributed by atoms with E-state index in [-0.39, 0.29) is 18.4 Å². The van der Waals surface area contributed by atoms with Crippen LogP contribution in [0.5, 0.6) is 0 Å². The number of amides is 1. The number of guanidine groups is 1. The van der Waals surface area contributed by atoms with Crippen molar-refractivity contribution >= 4 is 17.6 Å². The molecular formula is C20H24N4O. The van der Waals surface area contributed by atoms with Gasteiger partial charge < -0.3 is 16.0 Å². The third-order valence-corrected chi connectivity index (χ3v) is 4.50. The van der Waals surface area contributed by atoms with Crippen LogP contribution in [0.15, 0.2) is 53.5 Å². The second-order valence-corrected chi connectivity index (χ2v) is 6.21. The normalized spacial score (nSPS) is 14.1. The first-order valence-corrected chi connectivity index (χ1v) is 8.66. The number of nitrogens with two attached hydrogens (primary N) is 1. The summed E-state index contributed by atoms with van der Waals surface area (Å²) in [6.07, 6.45) is 1.89. The molecule has 0 atom stereocenters. The van der Waals surface area contributed by atoms with Gasteiger partial charge in [-0.2, -0.15) is 0 Å². The van der Waals surface area contributed by atoms with Gasteiger partial charge >= 0.3 is 0 Å². The molecule has 0 bridgehead atoms. The molecule has 3 N–H and O–H groups in total. The lowest BCUT2D eigenvalue weighted by Gasteiger charge is -2.28. The van der Waals surface area contributed by atoms with E-state index in [1.807, 2.05) is 41.3 Å². The van der Waals surface area contributed by atoms with E-state index in [0.29, 0.717) is 6.54 Å². The van der Waals surface area contributed by atoms with Crippen LogP contribution in [-0.2, 0) is 24.2 Å². The van der Waals surface area contributed by atoms with Crippen molar-refractivity contribution in [2.45, 2.75) is 26.3 Å². The molecule has 1 amide bonds. The number of carbonyl (C=O) groups is 1. The number of nitrogens with zero attached hydrogens (tertiary/aromatic N) is 2. The van der Waals surface area contributed by atoms with Gasteiger partial charge in [0.1, 0.15) is 6.54 Å². The number of aryl methyl sites for hydroxylation is 1. The fraction of sp³-hybridized carbons (Fsp3) is 0.300. The number of aliphatic imine (C=N–C) groups is 1. The highest BCUT2D eigenvalue weighted by Crippen LogP contribution is 2.18. The Morgan fingerprint density at radius 1 is 1.16 bits per heavy atom. The quantitative estimate of drug-likeness (QED) is 0.666. The van der Waals surface area contributed by atoms with Gasteiger partial charge in [0, 0.05) is 18.8 Å². The summed E-state index contributed by atoms with van der Waals surface area (Å²) in [5.41, 5.74) is 10.6. The van der Waals surface area contributed by atoms with Crippen molar-refractivity contribution in [3.05, 3.63) is 65.2 Å². The molecule has 0 fully saturated rings. The number of carbonyl (C=O) groups excluding carboxylic acids is 1. The number of benzene rings is 2. The number of nitrogens with one attached hydrogen (secondary N) is 1. The zero-order valence-corrected chi connectivity index (χ0v) is 14.5. The second-order valence-electron chi connectivity index (χ2n) is 6.21. The van der Waals surface area contributed by atoms with Crippen LogP contribution >= 0.6 is 0 Å². The predicted molar refractivity (Wildman–Crippen MR) is 101 cm³/mol. The Labute approximate surface area is 148 Å². The molecule has 3 rings (SSSR count). The van der Waals surface area contributed by atoms with Crippen LogP contribution in [0.25, 0.3) is 0 Å². The van der Waals surface area contributed by atoms with Crippen molar-refractivity contribution in [1.29, 1.82) is 0 Å². The van der Waals surface area contributed by atoms with Gasteiger partial charge in [0.25, 0.3) is 0 Å². The Kier molecular flexibility index (Phi) is 5.33. The van der Waals surface area contributed by atoms with Crippen molar-refractivity contribution in [1.82, 2.24) is 4.90 Å². The zero-order chi connectivity index (χ0) is 17.6. The lowest BCUT2D eigenvalue weighted by Crippen LogP contribution is -2.38. The van der Waals surface area contributed by atoms with Crippen LogP contribution in [0.3, 0.4) is 0 Å². The van der Waals surface area contributed by atoms with E-state index in [9.17, 15) is 4.79 Å². The van der Waals surface area contributed by atoms with E-state index >= 15 is 0 Å². The van der Waals surface area contributed by atoms with Crippen molar-refractivity contribution in [2.75, 3.05) is 18.4 Å². The first-order valence-electron chi connectivity index (χ1n) is 8.66. The topological polar surface area (TPSA) is 70.7 Å². The van der Waals surface area contributed by atoms with Crippen LogP contribution in [0.1, 0.15) is 23.6 Å². The average Bonchev–Trinajstić information content (AvgIpc) is 2.66. The second kappa shape index (κ2) is 7.83. The summed E-state index contributed by atoms with van der Waals surface area (Å²) in [6, 6.07) is 16.3. The molecule has 0 saturated carbocycles. The van der Waals surface area contributed by atoms with Gasteiger partial charge in [0.05, 0.1) is 0 Å². The summed E-state index contributed by atoms with van der Waals surface area (Å²) < 4.78 is 0. The average molecular weight is 336 g/mol. The number of hydrogen-bond acceptors (Lipinski definition) is 2. The van der Waals surface area contributed by atoms with Gasteiger partial charge in [-0.1, -0.05) is 43.3 Å². The van der Waals surface area contributed by atoms with Crippen molar-refractivity contribution in [3.8, 4) is 0 Å². The minimum atomic E-state index is 0.000541. The molecule has 1 aliphatic rings. The molecule has 130 valence electrons. The smallest absolute Gasteiger partial charge is 0.244 e. The molecular weight excluding hydrogens is 312 g/mol. The first-order chi connectivity index (χ1) is 12.2. The number of anilines is 1. The summed E-state index contributed by atoms with van der Waals surface area (Å²) in [5.74, 6) is 0.260. The monoisotopic (exact) mass is 336 g/mol. The summed E-state index contributed by atoms with van der Waals surface area (Å²) in [5, 5.41) is 3.02. The van der Waals surface area contributed by atoms with Gasteiger partial charge in [-0.15, -0.1) is 0 Å². The molecule has 25 heavy (non-hydrogen) atoms. The van der Waals surface area contributed by atoms with Crippen LogP contribution in [0.4, 0.5) is 5.69 Å². The van der Waals surface area contributed by atoms with Gasteiger partial charge in [0.2, 0.25) is 5.91 Å². The Hall–Kier alpha value is -2.82. The van der Waals surface area contributed by atoms with Crippen molar-refractivity contribution in [3.63, 3.8) is 0 Å². The lowest BCUT2D eigenvalue weighted by molar-refractivity contribution is -0.130. The van der Waals surface area contributed by atoms with Crippen LogP contribution in [-0.4, -0.2) is 29.9 Å². The summed E-state index contributed by atoms with van der Waals surface area (Å²) in [7, 11) is 0. The molecule has 0 spiro atoms. The Balaban J connectivity index is 1.55.